The highest BCUT2D eigenvalue weighted by atomic mass is 15.1. The summed E-state index contributed by atoms with van der Waals surface area (Å²) in [6.45, 7) is 9.60. The molecule has 1 atom stereocenters. The van der Waals surface area contributed by atoms with Crippen LogP contribution in [0.4, 0.5) is 0 Å². The zero-order valence-electron chi connectivity index (χ0n) is 12.9. The molecule has 1 saturated heterocycles. The van der Waals surface area contributed by atoms with Crippen molar-refractivity contribution in [3.63, 3.8) is 0 Å². The number of hydrogen-bond acceptors (Lipinski definition) is 3. The van der Waals surface area contributed by atoms with Gasteiger partial charge in [0.2, 0.25) is 0 Å². The van der Waals surface area contributed by atoms with E-state index < -0.39 is 0 Å². The highest BCUT2D eigenvalue weighted by Crippen LogP contribution is 2.13. The molecule has 18 heavy (non-hydrogen) atoms. The second-order valence-corrected chi connectivity index (χ2v) is 6.22. The average Bonchev–Trinajstić information content (AvgIpc) is 2.53. The van der Waals surface area contributed by atoms with Crippen molar-refractivity contribution < 1.29 is 0 Å². The standard InChI is InChI=1S/C15H33N3/c1-14(2)18-12-7-8-15(9-13-18)16-10-5-6-11-17(3)4/h14-16H,5-13H2,1-4H3. The summed E-state index contributed by atoms with van der Waals surface area (Å²) < 4.78 is 0. The Hall–Kier alpha value is -0.120. The lowest BCUT2D eigenvalue weighted by atomic mass is 10.1. The van der Waals surface area contributed by atoms with E-state index in [-0.39, 0.29) is 0 Å². The normalized spacial score (nSPS) is 22.7. The zero-order valence-corrected chi connectivity index (χ0v) is 12.9. The van der Waals surface area contributed by atoms with E-state index in [1.807, 2.05) is 0 Å². The molecule has 0 saturated carbocycles. The van der Waals surface area contributed by atoms with Crippen LogP contribution in [-0.4, -0.2) is 62.2 Å². The largest absolute Gasteiger partial charge is 0.314 e. The van der Waals surface area contributed by atoms with Crippen LogP contribution < -0.4 is 5.32 Å². The zero-order chi connectivity index (χ0) is 13.4. The van der Waals surface area contributed by atoms with Gasteiger partial charge in [-0.1, -0.05) is 0 Å². The molecule has 0 amide bonds. The summed E-state index contributed by atoms with van der Waals surface area (Å²) in [5, 5.41) is 3.75. The summed E-state index contributed by atoms with van der Waals surface area (Å²) in [5.41, 5.74) is 0. The maximum absolute atomic E-state index is 3.75. The monoisotopic (exact) mass is 255 g/mol. The van der Waals surface area contributed by atoms with Crippen LogP contribution in [-0.2, 0) is 0 Å². The molecule has 0 aliphatic carbocycles. The van der Waals surface area contributed by atoms with Gasteiger partial charge in [0, 0.05) is 12.1 Å². The van der Waals surface area contributed by atoms with Crippen LogP contribution in [0.2, 0.25) is 0 Å². The van der Waals surface area contributed by atoms with Gasteiger partial charge in [0.25, 0.3) is 0 Å². The molecule has 1 N–H and O–H groups in total. The van der Waals surface area contributed by atoms with E-state index in [1.54, 1.807) is 0 Å². The van der Waals surface area contributed by atoms with Crippen LogP contribution in [0, 0.1) is 0 Å². The van der Waals surface area contributed by atoms with Crippen LogP contribution in [0.15, 0.2) is 0 Å². The molecule has 0 aromatic heterocycles. The molecular weight excluding hydrogens is 222 g/mol. The Kier molecular flexibility index (Phi) is 7.87. The molecule has 0 aromatic carbocycles. The molecule has 1 unspecified atom stereocenters. The molecule has 1 fully saturated rings. The van der Waals surface area contributed by atoms with E-state index in [4.69, 9.17) is 0 Å². The average molecular weight is 255 g/mol. The number of nitrogens with zero attached hydrogens (tertiary/aromatic N) is 2. The highest BCUT2D eigenvalue weighted by Gasteiger charge is 2.17. The number of unbranched alkanes of at least 4 members (excludes halogenated alkanes) is 1. The van der Waals surface area contributed by atoms with Gasteiger partial charge in [-0.15, -0.1) is 0 Å². The number of hydrogen-bond donors (Lipinski definition) is 1. The van der Waals surface area contributed by atoms with Gasteiger partial charge in [-0.2, -0.15) is 0 Å². The van der Waals surface area contributed by atoms with E-state index in [1.165, 1.54) is 58.3 Å². The van der Waals surface area contributed by atoms with Crippen molar-refractivity contribution in [3.05, 3.63) is 0 Å². The van der Waals surface area contributed by atoms with Crippen molar-refractivity contribution in [2.75, 3.05) is 40.3 Å². The maximum atomic E-state index is 3.75. The van der Waals surface area contributed by atoms with Crippen LogP contribution in [0.25, 0.3) is 0 Å². The predicted octanol–water partition coefficient (Wildman–Crippen LogP) is 2.18. The quantitative estimate of drug-likeness (QED) is 0.704. The molecule has 0 radical (unpaired) electrons. The molecule has 3 heteroatoms. The first-order valence-electron chi connectivity index (χ1n) is 7.71. The minimum absolute atomic E-state index is 0.712. The second kappa shape index (κ2) is 8.89. The Morgan fingerprint density at radius 1 is 1.17 bits per heavy atom. The van der Waals surface area contributed by atoms with Gasteiger partial charge in [0.1, 0.15) is 0 Å². The van der Waals surface area contributed by atoms with Crippen LogP contribution in [0.1, 0.15) is 46.0 Å². The first-order valence-corrected chi connectivity index (χ1v) is 7.71. The molecule has 3 nitrogen and oxygen atoms in total. The van der Waals surface area contributed by atoms with Crippen molar-refractivity contribution >= 4 is 0 Å². The SMILES string of the molecule is CC(C)N1CCCC(NCCCCN(C)C)CC1. The molecule has 108 valence electrons. The van der Waals surface area contributed by atoms with Gasteiger partial charge in [0.15, 0.2) is 0 Å². The molecule has 1 heterocycles. The third kappa shape index (κ3) is 6.72. The van der Waals surface area contributed by atoms with Crippen molar-refractivity contribution in [1.29, 1.82) is 0 Å². The van der Waals surface area contributed by atoms with E-state index in [0.717, 1.165) is 6.04 Å². The molecule has 1 rings (SSSR count). The third-order valence-corrected chi connectivity index (χ3v) is 3.96. The number of likely N-dealkylation sites (tertiary alicyclic amines) is 1. The molecular formula is C15H33N3. The second-order valence-electron chi connectivity index (χ2n) is 6.22. The lowest BCUT2D eigenvalue weighted by Gasteiger charge is -2.24. The van der Waals surface area contributed by atoms with E-state index in [0.29, 0.717) is 6.04 Å². The summed E-state index contributed by atoms with van der Waals surface area (Å²) in [5.74, 6) is 0. The summed E-state index contributed by atoms with van der Waals surface area (Å²) in [6.07, 6.45) is 6.66. The minimum Gasteiger partial charge on any atom is -0.314 e. The van der Waals surface area contributed by atoms with Crippen molar-refractivity contribution in [2.24, 2.45) is 0 Å². The van der Waals surface area contributed by atoms with Crippen molar-refractivity contribution in [1.82, 2.24) is 15.1 Å². The minimum atomic E-state index is 0.712. The van der Waals surface area contributed by atoms with Gasteiger partial charge in [0.05, 0.1) is 0 Å². The first kappa shape index (κ1) is 15.9. The first-order chi connectivity index (χ1) is 8.59. The highest BCUT2D eigenvalue weighted by molar-refractivity contribution is 4.76. The van der Waals surface area contributed by atoms with Crippen LogP contribution in [0.3, 0.4) is 0 Å². The molecule has 1 aliphatic rings. The summed E-state index contributed by atoms with van der Waals surface area (Å²) >= 11 is 0. The van der Waals surface area contributed by atoms with Crippen molar-refractivity contribution in [2.45, 2.75) is 58.0 Å². The summed E-state index contributed by atoms with van der Waals surface area (Å²) in [7, 11) is 4.30. The maximum Gasteiger partial charge on any atom is 0.00797 e. The van der Waals surface area contributed by atoms with Gasteiger partial charge < -0.3 is 15.1 Å². The van der Waals surface area contributed by atoms with E-state index >= 15 is 0 Å². The topological polar surface area (TPSA) is 18.5 Å². The van der Waals surface area contributed by atoms with Gasteiger partial charge in [-0.3, -0.25) is 0 Å². The predicted molar refractivity (Wildman–Crippen MR) is 80.1 cm³/mol. The fourth-order valence-corrected chi connectivity index (χ4v) is 2.70. The Bertz CT molecular complexity index is 204. The van der Waals surface area contributed by atoms with Crippen LogP contribution >= 0.6 is 0 Å². The van der Waals surface area contributed by atoms with Crippen molar-refractivity contribution in [3.8, 4) is 0 Å². The van der Waals surface area contributed by atoms with Crippen LogP contribution in [0.5, 0.6) is 0 Å². The Balaban J connectivity index is 2.08. The van der Waals surface area contributed by atoms with E-state index in [2.05, 4.69) is 43.1 Å². The molecule has 0 aromatic rings. The van der Waals surface area contributed by atoms with E-state index in [9.17, 15) is 0 Å². The Labute approximate surface area is 114 Å². The number of rotatable bonds is 7. The lowest BCUT2D eigenvalue weighted by Crippen LogP contribution is -2.34. The fraction of sp³-hybridized carbons (Fsp3) is 1.00. The van der Waals surface area contributed by atoms with Gasteiger partial charge in [-0.05, 0) is 86.2 Å². The smallest absolute Gasteiger partial charge is 0.00797 e. The summed E-state index contributed by atoms with van der Waals surface area (Å²) in [6, 6.07) is 1.47. The summed E-state index contributed by atoms with van der Waals surface area (Å²) in [4.78, 5) is 4.89. The fourth-order valence-electron chi connectivity index (χ4n) is 2.70. The molecule has 1 aliphatic heterocycles. The molecule has 0 bridgehead atoms. The lowest BCUT2D eigenvalue weighted by molar-refractivity contribution is 0.229. The number of nitrogens with one attached hydrogen (secondary N) is 1. The Morgan fingerprint density at radius 3 is 2.61 bits per heavy atom. The van der Waals surface area contributed by atoms with Gasteiger partial charge in [-0.25, -0.2) is 0 Å². The molecule has 0 spiro atoms. The Morgan fingerprint density at radius 2 is 1.94 bits per heavy atom. The van der Waals surface area contributed by atoms with Gasteiger partial charge >= 0.3 is 0 Å². The third-order valence-electron chi connectivity index (χ3n) is 3.96.